The number of nitrogens with one attached hydrogen (secondary N) is 2. The van der Waals surface area contributed by atoms with E-state index in [-0.39, 0.29) is 46.2 Å². The normalized spacial score (nSPS) is 40.2. The minimum atomic E-state index is -0.342. The first-order valence-corrected chi connectivity index (χ1v) is 9.60. The first kappa shape index (κ1) is 20.2. The number of rotatable bonds is 3. The molecular weight excluding hydrogens is 300 g/mol. The molecule has 0 aromatic carbocycles. The fourth-order valence-electron chi connectivity index (χ4n) is 5.65. The third-order valence-corrected chi connectivity index (χ3v) is 6.15. The molecule has 4 heteroatoms. The molecule has 2 saturated heterocycles. The number of hydrogen-bond donors (Lipinski definition) is 4. The molecule has 4 atom stereocenters. The van der Waals surface area contributed by atoms with E-state index in [2.05, 4.69) is 66.0 Å². The highest BCUT2D eigenvalue weighted by Crippen LogP contribution is 2.40. The summed E-state index contributed by atoms with van der Waals surface area (Å²) < 4.78 is 0. The Balaban J connectivity index is 2.06. The Kier molecular flexibility index (Phi) is 5.23. The summed E-state index contributed by atoms with van der Waals surface area (Å²) in [6.07, 6.45) is 3.22. The van der Waals surface area contributed by atoms with Crippen molar-refractivity contribution in [1.82, 2.24) is 10.6 Å². The van der Waals surface area contributed by atoms with Crippen LogP contribution < -0.4 is 10.6 Å². The zero-order valence-corrected chi connectivity index (χ0v) is 17.0. The van der Waals surface area contributed by atoms with Gasteiger partial charge in [-0.25, -0.2) is 0 Å². The van der Waals surface area contributed by atoms with Crippen LogP contribution in [0.25, 0.3) is 0 Å². The van der Waals surface area contributed by atoms with Crippen molar-refractivity contribution >= 4 is 0 Å². The summed E-state index contributed by atoms with van der Waals surface area (Å²) in [7, 11) is 0. The molecule has 4 unspecified atom stereocenters. The van der Waals surface area contributed by atoms with Gasteiger partial charge in [-0.05, 0) is 92.9 Å². The monoisotopic (exact) mass is 340 g/mol. The lowest BCUT2D eigenvalue weighted by Gasteiger charge is -2.52. The van der Waals surface area contributed by atoms with Gasteiger partial charge in [0.25, 0.3) is 0 Å². The lowest BCUT2D eigenvalue weighted by Crippen LogP contribution is -2.66. The van der Waals surface area contributed by atoms with Crippen LogP contribution in [0.15, 0.2) is 0 Å². The summed E-state index contributed by atoms with van der Waals surface area (Å²) in [4.78, 5) is 0. The number of piperidine rings is 2. The zero-order valence-electron chi connectivity index (χ0n) is 17.0. The molecule has 2 rings (SSSR count). The van der Waals surface area contributed by atoms with Crippen LogP contribution in [0.5, 0.6) is 0 Å². The van der Waals surface area contributed by atoms with Gasteiger partial charge in [0.2, 0.25) is 0 Å². The molecular formula is C20H40N2O2. The molecule has 0 saturated carbocycles. The van der Waals surface area contributed by atoms with E-state index in [1.165, 1.54) is 0 Å². The maximum Gasteiger partial charge on any atom is 0.0745 e. The fraction of sp³-hybridized carbons (Fsp3) is 1.00. The maximum atomic E-state index is 10.8. The van der Waals surface area contributed by atoms with Crippen LogP contribution >= 0.6 is 0 Å². The SMILES string of the molecule is CC1(C)CC(CCC2CC(C)(C)NC(C)(C)C2O)C(O)C(C)(C)N1. The summed E-state index contributed by atoms with van der Waals surface area (Å²) in [6, 6.07) is 0. The molecule has 0 aliphatic carbocycles. The second-order valence-corrected chi connectivity index (χ2v) is 10.9. The zero-order chi connectivity index (χ0) is 18.6. The summed E-state index contributed by atoms with van der Waals surface area (Å²) in [5.41, 5.74) is -0.452. The Morgan fingerprint density at radius 3 is 1.25 bits per heavy atom. The molecule has 0 spiro atoms. The molecule has 0 aromatic heterocycles. The number of hydrogen-bond acceptors (Lipinski definition) is 4. The highest BCUT2D eigenvalue weighted by Gasteiger charge is 2.47. The highest BCUT2D eigenvalue weighted by atomic mass is 16.3. The quantitative estimate of drug-likeness (QED) is 0.638. The minimum absolute atomic E-state index is 0.0404. The first-order chi connectivity index (χ1) is 10.7. The second-order valence-electron chi connectivity index (χ2n) is 10.9. The molecule has 0 bridgehead atoms. The lowest BCUT2D eigenvalue weighted by atomic mass is 9.68. The van der Waals surface area contributed by atoms with Gasteiger partial charge >= 0.3 is 0 Å². The first-order valence-electron chi connectivity index (χ1n) is 9.60. The van der Waals surface area contributed by atoms with Crippen LogP contribution in [-0.4, -0.2) is 44.6 Å². The lowest BCUT2D eigenvalue weighted by molar-refractivity contribution is -0.0568. The van der Waals surface area contributed by atoms with Gasteiger partial charge < -0.3 is 20.8 Å². The van der Waals surface area contributed by atoms with Crippen LogP contribution in [0.3, 0.4) is 0 Å². The van der Waals surface area contributed by atoms with Gasteiger partial charge in [-0.1, -0.05) is 0 Å². The van der Waals surface area contributed by atoms with Crippen molar-refractivity contribution in [2.45, 2.75) is 115 Å². The van der Waals surface area contributed by atoms with E-state index in [4.69, 9.17) is 0 Å². The second kappa shape index (κ2) is 6.22. The van der Waals surface area contributed by atoms with Gasteiger partial charge in [-0.15, -0.1) is 0 Å². The minimum Gasteiger partial charge on any atom is -0.391 e. The van der Waals surface area contributed by atoms with Crippen molar-refractivity contribution < 1.29 is 10.2 Å². The van der Waals surface area contributed by atoms with Gasteiger partial charge in [-0.3, -0.25) is 0 Å². The molecule has 142 valence electrons. The third kappa shape index (κ3) is 4.32. The van der Waals surface area contributed by atoms with Crippen LogP contribution in [0.2, 0.25) is 0 Å². The van der Waals surface area contributed by atoms with Crippen LogP contribution in [0.4, 0.5) is 0 Å². The van der Waals surface area contributed by atoms with Crippen molar-refractivity contribution in [2.24, 2.45) is 11.8 Å². The van der Waals surface area contributed by atoms with Crippen molar-refractivity contribution in [3.05, 3.63) is 0 Å². The number of aliphatic hydroxyl groups is 2. The van der Waals surface area contributed by atoms with Gasteiger partial charge in [0, 0.05) is 22.2 Å². The molecule has 24 heavy (non-hydrogen) atoms. The average Bonchev–Trinajstić information content (AvgIpc) is 2.34. The Morgan fingerprint density at radius 1 is 0.667 bits per heavy atom. The molecule has 2 aliphatic rings. The third-order valence-electron chi connectivity index (χ3n) is 6.15. The predicted molar refractivity (Wildman–Crippen MR) is 100 cm³/mol. The largest absolute Gasteiger partial charge is 0.391 e. The van der Waals surface area contributed by atoms with Crippen molar-refractivity contribution in [1.29, 1.82) is 0 Å². The van der Waals surface area contributed by atoms with Crippen molar-refractivity contribution in [3.63, 3.8) is 0 Å². The van der Waals surface area contributed by atoms with E-state index >= 15 is 0 Å². The Labute approximate surface area is 148 Å². The van der Waals surface area contributed by atoms with E-state index in [9.17, 15) is 10.2 Å². The number of aliphatic hydroxyl groups excluding tert-OH is 2. The standard InChI is InChI=1S/C20H40N2O2/c1-17(2)11-13(15(23)19(5,6)21-17)9-10-14-12-18(3,4)22-20(7,8)16(14)24/h13-16,21-24H,9-12H2,1-8H3. The van der Waals surface area contributed by atoms with E-state index in [1.807, 2.05) is 0 Å². The molecule has 4 nitrogen and oxygen atoms in total. The topological polar surface area (TPSA) is 64.5 Å². The van der Waals surface area contributed by atoms with E-state index in [0.717, 1.165) is 25.7 Å². The molecule has 2 aliphatic heterocycles. The summed E-state index contributed by atoms with van der Waals surface area (Å²) in [6.45, 7) is 17.3. The van der Waals surface area contributed by atoms with Crippen molar-refractivity contribution in [2.75, 3.05) is 0 Å². The van der Waals surface area contributed by atoms with Crippen LogP contribution in [-0.2, 0) is 0 Å². The molecule has 2 fully saturated rings. The Bertz CT molecular complexity index is 415. The van der Waals surface area contributed by atoms with Crippen molar-refractivity contribution in [3.8, 4) is 0 Å². The van der Waals surface area contributed by atoms with Crippen LogP contribution in [0, 0.1) is 11.8 Å². The highest BCUT2D eigenvalue weighted by molar-refractivity contribution is 5.05. The smallest absolute Gasteiger partial charge is 0.0745 e. The van der Waals surface area contributed by atoms with Gasteiger partial charge in [0.1, 0.15) is 0 Å². The average molecular weight is 341 g/mol. The van der Waals surface area contributed by atoms with Gasteiger partial charge in [-0.2, -0.15) is 0 Å². The van der Waals surface area contributed by atoms with E-state index < -0.39 is 0 Å². The molecule has 0 amide bonds. The van der Waals surface area contributed by atoms with Crippen LogP contribution in [0.1, 0.15) is 81.1 Å². The summed E-state index contributed by atoms with van der Waals surface area (Å²) >= 11 is 0. The Hall–Kier alpha value is -0.160. The summed E-state index contributed by atoms with van der Waals surface area (Å²) in [5.74, 6) is 0.564. The maximum absolute atomic E-state index is 10.8. The Morgan fingerprint density at radius 2 is 0.958 bits per heavy atom. The predicted octanol–water partition coefficient (Wildman–Crippen LogP) is 2.82. The fourth-order valence-corrected chi connectivity index (χ4v) is 5.65. The van der Waals surface area contributed by atoms with Gasteiger partial charge in [0.05, 0.1) is 12.2 Å². The van der Waals surface area contributed by atoms with E-state index in [1.54, 1.807) is 0 Å². The molecule has 0 aromatic rings. The van der Waals surface area contributed by atoms with Gasteiger partial charge in [0.15, 0.2) is 0 Å². The van der Waals surface area contributed by atoms with E-state index in [0.29, 0.717) is 0 Å². The molecule has 4 N–H and O–H groups in total. The summed E-state index contributed by atoms with van der Waals surface area (Å²) in [5, 5.41) is 28.7. The molecule has 2 heterocycles. The molecule has 0 radical (unpaired) electrons.